The van der Waals surface area contributed by atoms with Crippen molar-refractivity contribution in [3.8, 4) is 11.5 Å². The Balaban J connectivity index is 2.35. The van der Waals surface area contributed by atoms with Crippen LogP contribution in [-0.2, 0) is 6.42 Å². The molecule has 0 aliphatic rings. The summed E-state index contributed by atoms with van der Waals surface area (Å²) >= 11 is 4.99. The molecule has 0 amide bonds. The summed E-state index contributed by atoms with van der Waals surface area (Å²) in [6.45, 7) is 2.06. The number of aromatic amines is 2. The Kier molecular flexibility index (Phi) is 2.83. The molecule has 5 heteroatoms. The summed E-state index contributed by atoms with van der Waals surface area (Å²) in [5.74, 6) is 0.681. The van der Waals surface area contributed by atoms with Gasteiger partial charge in [0.1, 0.15) is 5.58 Å². The molecule has 0 aliphatic carbocycles. The van der Waals surface area contributed by atoms with Gasteiger partial charge in [-0.2, -0.15) is 0 Å². The predicted molar refractivity (Wildman–Crippen MR) is 76.8 cm³/mol. The third kappa shape index (κ3) is 2.02. The van der Waals surface area contributed by atoms with Gasteiger partial charge in [0.2, 0.25) is 0 Å². The van der Waals surface area contributed by atoms with Gasteiger partial charge in [0.05, 0.1) is 5.69 Å². The van der Waals surface area contributed by atoms with Gasteiger partial charge in [-0.1, -0.05) is 25.1 Å². The fourth-order valence-electron chi connectivity index (χ4n) is 2.26. The molecular formula is C14H12N2O2S. The Bertz CT molecular complexity index is 829. The van der Waals surface area contributed by atoms with E-state index in [0.717, 1.165) is 23.0 Å². The van der Waals surface area contributed by atoms with Crippen LogP contribution in [0, 0.1) is 4.77 Å². The van der Waals surface area contributed by atoms with Gasteiger partial charge in [-0.3, -0.25) is 9.78 Å². The van der Waals surface area contributed by atoms with Crippen molar-refractivity contribution in [3.05, 3.63) is 51.0 Å². The van der Waals surface area contributed by atoms with E-state index in [-0.39, 0.29) is 5.56 Å². The maximum Gasteiger partial charge on any atom is 0.252 e. The Hall–Kier alpha value is -2.14. The molecule has 0 radical (unpaired) electrons. The van der Waals surface area contributed by atoms with Crippen molar-refractivity contribution < 1.29 is 4.42 Å². The van der Waals surface area contributed by atoms with Crippen LogP contribution in [0.2, 0.25) is 0 Å². The zero-order valence-corrected chi connectivity index (χ0v) is 11.1. The molecule has 0 fully saturated rings. The van der Waals surface area contributed by atoms with E-state index >= 15 is 0 Å². The number of hydrogen-bond donors (Lipinski definition) is 2. The molecule has 19 heavy (non-hydrogen) atoms. The Morgan fingerprint density at radius 1 is 1.26 bits per heavy atom. The first-order valence-corrected chi connectivity index (χ1v) is 6.44. The van der Waals surface area contributed by atoms with Gasteiger partial charge in [0.15, 0.2) is 10.5 Å². The highest BCUT2D eigenvalue weighted by Gasteiger charge is 2.14. The normalized spacial score (nSPS) is 11.0. The number of furan rings is 1. The summed E-state index contributed by atoms with van der Waals surface area (Å²) in [6.07, 6.45) is 0.819. The molecule has 1 aromatic carbocycles. The lowest BCUT2D eigenvalue weighted by atomic mass is 10.1. The van der Waals surface area contributed by atoms with Gasteiger partial charge in [-0.25, -0.2) is 0 Å². The molecule has 0 bridgehead atoms. The van der Waals surface area contributed by atoms with Crippen LogP contribution in [0.5, 0.6) is 0 Å². The lowest BCUT2D eigenvalue weighted by molar-refractivity contribution is 0.623. The highest BCUT2D eigenvalue weighted by Crippen LogP contribution is 2.32. The number of hydrogen-bond acceptors (Lipinski definition) is 3. The summed E-state index contributed by atoms with van der Waals surface area (Å²) < 4.78 is 6.15. The molecule has 2 heterocycles. The molecule has 2 aromatic heterocycles. The van der Waals surface area contributed by atoms with Crippen LogP contribution in [0.1, 0.15) is 12.5 Å². The average molecular weight is 272 g/mol. The Morgan fingerprint density at radius 2 is 2.05 bits per heavy atom. The third-order valence-electron chi connectivity index (χ3n) is 3.06. The van der Waals surface area contributed by atoms with Crippen LogP contribution in [0.3, 0.4) is 0 Å². The number of fused-ring (bicyclic) bond motifs is 1. The van der Waals surface area contributed by atoms with Crippen molar-refractivity contribution in [2.45, 2.75) is 13.3 Å². The quantitative estimate of drug-likeness (QED) is 0.703. The summed E-state index contributed by atoms with van der Waals surface area (Å²) in [5.41, 5.74) is 2.27. The Labute approximate surface area is 114 Å². The third-order valence-corrected chi connectivity index (χ3v) is 3.26. The van der Waals surface area contributed by atoms with Crippen LogP contribution in [0.15, 0.2) is 39.5 Å². The summed E-state index contributed by atoms with van der Waals surface area (Å²) in [4.78, 5) is 17.0. The van der Waals surface area contributed by atoms with Crippen LogP contribution in [0.4, 0.5) is 0 Å². The second kappa shape index (κ2) is 4.51. The van der Waals surface area contributed by atoms with Crippen molar-refractivity contribution >= 4 is 23.2 Å². The van der Waals surface area contributed by atoms with Crippen molar-refractivity contribution in [2.24, 2.45) is 0 Å². The molecule has 0 saturated carbocycles. The fraction of sp³-hybridized carbons (Fsp3) is 0.143. The monoisotopic (exact) mass is 272 g/mol. The van der Waals surface area contributed by atoms with Crippen molar-refractivity contribution in [2.75, 3.05) is 0 Å². The number of benzene rings is 1. The molecule has 4 nitrogen and oxygen atoms in total. The molecule has 3 aromatic rings. The molecule has 0 saturated heterocycles. The largest absolute Gasteiger partial charge is 0.454 e. The molecule has 3 rings (SSSR count). The van der Waals surface area contributed by atoms with E-state index in [1.807, 2.05) is 24.3 Å². The first-order chi connectivity index (χ1) is 9.19. The van der Waals surface area contributed by atoms with Crippen LogP contribution in [-0.4, -0.2) is 9.97 Å². The van der Waals surface area contributed by atoms with Crippen molar-refractivity contribution in [3.63, 3.8) is 0 Å². The van der Waals surface area contributed by atoms with E-state index in [1.54, 1.807) is 0 Å². The van der Waals surface area contributed by atoms with E-state index in [9.17, 15) is 4.79 Å². The van der Waals surface area contributed by atoms with Crippen LogP contribution in [0.25, 0.3) is 22.4 Å². The highest BCUT2D eigenvalue weighted by molar-refractivity contribution is 7.71. The van der Waals surface area contributed by atoms with E-state index in [1.165, 1.54) is 6.07 Å². The Morgan fingerprint density at radius 3 is 2.79 bits per heavy atom. The number of aromatic nitrogens is 2. The van der Waals surface area contributed by atoms with E-state index in [4.69, 9.17) is 16.6 Å². The fourth-order valence-corrected chi connectivity index (χ4v) is 2.47. The minimum atomic E-state index is -0.235. The number of nitrogens with one attached hydrogen (secondary N) is 2. The maximum atomic E-state index is 11.5. The molecule has 2 N–H and O–H groups in total. The smallest absolute Gasteiger partial charge is 0.252 e. The average Bonchev–Trinajstić information content (AvgIpc) is 2.76. The van der Waals surface area contributed by atoms with Crippen LogP contribution >= 0.6 is 12.2 Å². The summed E-state index contributed by atoms with van der Waals surface area (Å²) in [7, 11) is 0. The first kappa shape index (κ1) is 11.9. The van der Waals surface area contributed by atoms with Gasteiger partial charge in [-0.15, -0.1) is 0 Å². The van der Waals surface area contributed by atoms with Gasteiger partial charge in [0, 0.05) is 17.0 Å². The first-order valence-electron chi connectivity index (χ1n) is 6.03. The summed E-state index contributed by atoms with van der Waals surface area (Å²) in [5, 5.41) is 1.07. The molecule has 0 aliphatic heterocycles. The second-order valence-corrected chi connectivity index (χ2v) is 4.67. The van der Waals surface area contributed by atoms with Gasteiger partial charge in [-0.05, 0) is 24.7 Å². The van der Waals surface area contributed by atoms with E-state index in [0.29, 0.717) is 16.2 Å². The molecular weight excluding hydrogens is 260 g/mol. The molecule has 0 spiro atoms. The van der Waals surface area contributed by atoms with Gasteiger partial charge >= 0.3 is 0 Å². The van der Waals surface area contributed by atoms with Crippen LogP contribution < -0.4 is 5.56 Å². The standard InChI is InChI=1S/C14H12N2O2S/c1-2-8-9-5-3-4-6-11(9)18-13(8)10-7-12(17)16-14(19)15-10/h3-7H,2H2,1H3,(H2,15,16,17,19). The SMILES string of the molecule is CCc1c(-c2cc(=O)[nH]c(=S)[nH]2)oc2ccccc12. The van der Waals surface area contributed by atoms with Crippen molar-refractivity contribution in [1.29, 1.82) is 0 Å². The topological polar surface area (TPSA) is 61.8 Å². The lowest BCUT2D eigenvalue weighted by Gasteiger charge is -2.00. The molecule has 96 valence electrons. The highest BCUT2D eigenvalue weighted by atomic mass is 32.1. The molecule has 0 atom stereocenters. The zero-order valence-electron chi connectivity index (χ0n) is 10.3. The van der Waals surface area contributed by atoms with Crippen molar-refractivity contribution in [1.82, 2.24) is 9.97 Å². The van der Waals surface area contributed by atoms with Gasteiger partial charge in [0.25, 0.3) is 5.56 Å². The number of rotatable bonds is 2. The minimum Gasteiger partial charge on any atom is -0.454 e. The maximum absolute atomic E-state index is 11.5. The van der Waals surface area contributed by atoms with E-state index in [2.05, 4.69) is 16.9 Å². The zero-order chi connectivity index (χ0) is 13.4. The second-order valence-electron chi connectivity index (χ2n) is 4.26. The van der Waals surface area contributed by atoms with Gasteiger partial charge < -0.3 is 9.40 Å². The number of aryl methyl sites for hydroxylation is 1. The molecule has 0 unspecified atom stereocenters. The number of para-hydroxylation sites is 1. The minimum absolute atomic E-state index is 0.235. The lowest BCUT2D eigenvalue weighted by Crippen LogP contribution is -2.06. The van der Waals surface area contributed by atoms with E-state index < -0.39 is 0 Å². The predicted octanol–water partition coefficient (Wildman–Crippen LogP) is 3.41. The number of H-pyrrole nitrogens is 2. The summed E-state index contributed by atoms with van der Waals surface area (Å²) in [6, 6.07) is 9.30.